The van der Waals surface area contributed by atoms with Crippen molar-refractivity contribution >= 4 is 30.1 Å². The highest BCUT2D eigenvalue weighted by Crippen LogP contribution is 2.13. The summed E-state index contributed by atoms with van der Waals surface area (Å²) in [5, 5.41) is 13.7. The van der Waals surface area contributed by atoms with Crippen molar-refractivity contribution in [1.29, 1.82) is 0 Å². The molecule has 15 nitrogen and oxygen atoms in total. The molecule has 4 amide bonds. The Bertz CT molecular complexity index is 1020. The summed E-state index contributed by atoms with van der Waals surface area (Å²) in [5.41, 5.74) is 5.94. The van der Waals surface area contributed by atoms with Gasteiger partial charge in [0.15, 0.2) is 0 Å². The molecule has 2 unspecified atom stereocenters. The molecule has 1 aromatic rings. The third-order valence-electron chi connectivity index (χ3n) is 5.65. The molecule has 0 radical (unpaired) electrons. The van der Waals surface area contributed by atoms with Crippen LogP contribution in [0.2, 0.25) is 0 Å². The first kappa shape index (κ1) is 41.2. The van der Waals surface area contributed by atoms with Gasteiger partial charge in [-0.3, -0.25) is 24.0 Å². The lowest BCUT2D eigenvalue weighted by atomic mass is 10.1. The number of likely N-dealkylation sites (N-methyl/N-ethyl adjacent to an activating group) is 2. The van der Waals surface area contributed by atoms with Crippen molar-refractivity contribution in [2.24, 2.45) is 5.73 Å². The monoisotopic (exact) mass is 640 g/mol. The summed E-state index contributed by atoms with van der Waals surface area (Å²) in [7, 11) is 3.25. The molecule has 0 spiro atoms. The number of rotatable bonds is 21. The first-order valence-electron chi connectivity index (χ1n) is 14.8. The highest BCUT2D eigenvalue weighted by Gasteiger charge is 2.15. The lowest BCUT2D eigenvalue weighted by molar-refractivity contribution is -0.138. The normalized spacial score (nSPS) is 12.0. The van der Waals surface area contributed by atoms with E-state index in [2.05, 4.69) is 31.3 Å². The van der Waals surface area contributed by atoms with Gasteiger partial charge in [0.2, 0.25) is 17.7 Å². The number of nitrogens with one attached hydrogen (secondary N) is 5. The van der Waals surface area contributed by atoms with Gasteiger partial charge in [0.05, 0.1) is 19.3 Å². The Kier molecular flexibility index (Phi) is 22.5. The van der Waals surface area contributed by atoms with Crippen molar-refractivity contribution in [3.05, 3.63) is 29.8 Å². The van der Waals surface area contributed by atoms with E-state index in [-0.39, 0.29) is 74.8 Å². The molecule has 2 atom stereocenters. The topological polar surface area (TPSA) is 208 Å². The standard InChI is InChI=1S/C25H42N6O7.C5H10O2/c1-18(32)29-10-5-4-9-21(27-2)25(35)31-12-11-30-24(34)19-7-6-8-20(15-19)38-16-22(26)37-14-13-36-17-23(33)28-3;1-5(2,3)7-4-6/h6-8,15,21-22,27H,4-5,9-14,16-17,26H2,1-3H3,(H,28,33)(H,29,32)(H,30,34)(H,31,35);4H,1-3H3. The molecule has 0 saturated carbocycles. The number of carbonyl (C=O) groups is 5. The molecule has 0 aliphatic heterocycles. The van der Waals surface area contributed by atoms with Crippen LogP contribution in [-0.2, 0) is 33.4 Å². The lowest BCUT2D eigenvalue weighted by Crippen LogP contribution is -2.45. The Morgan fingerprint density at radius 2 is 1.69 bits per heavy atom. The summed E-state index contributed by atoms with van der Waals surface area (Å²) in [6, 6.07) is 6.28. The minimum Gasteiger partial charge on any atom is -0.489 e. The third-order valence-corrected chi connectivity index (χ3v) is 5.65. The van der Waals surface area contributed by atoms with Crippen LogP contribution in [0.25, 0.3) is 0 Å². The molecule has 0 aliphatic rings. The van der Waals surface area contributed by atoms with E-state index in [0.29, 0.717) is 30.8 Å². The molecule has 0 aromatic heterocycles. The fourth-order valence-corrected chi connectivity index (χ4v) is 3.32. The van der Waals surface area contributed by atoms with E-state index in [9.17, 15) is 24.0 Å². The molecule has 15 heteroatoms. The van der Waals surface area contributed by atoms with E-state index in [1.807, 2.05) is 20.8 Å². The largest absolute Gasteiger partial charge is 0.489 e. The lowest BCUT2D eigenvalue weighted by Gasteiger charge is -2.16. The number of hydrogen-bond acceptors (Lipinski definition) is 11. The van der Waals surface area contributed by atoms with Gasteiger partial charge in [-0.15, -0.1) is 0 Å². The van der Waals surface area contributed by atoms with Crippen LogP contribution < -0.4 is 37.1 Å². The van der Waals surface area contributed by atoms with Crippen molar-refractivity contribution in [2.45, 2.75) is 64.8 Å². The molecule has 0 saturated heterocycles. The van der Waals surface area contributed by atoms with Crippen molar-refractivity contribution in [2.75, 3.05) is 60.2 Å². The zero-order chi connectivity index (χ0) is 34.1. The average Bonchev–Trinajstić information content (AvgIpc) is 2.99. The van der Waals surface area contributed by atoms with Crippen LogP contribution in [0.3, 0.4) is 0 Å². The fourth-order valence-electron chi connectivity index (χ4n) is 3.32. The van der Waals surface area contributed by atoms with Crippen LogP contribution in [0.1, 0.15) is 57.3 Å². The molecule has 0 fully saturated rings. The number of hydrogen-bond donors (Lipinski definition) is 6. The third kappa shape index (κ3) is 23.3. The molecule has 7 N–H and O–H groups in total. The van der Waals surface area contributed by atoms with Crippen molar-refractivity contribution < 1.29 is 42.9 Å². The molecule has 1 aromatic carbocycles. The van der Waals surface area contributed by atoms with Crippen molar-refractivity contribution in [1.82, 2.24) is 26.6 Å². The van der Waals surface area contributed by atoms with Gasteiger partial charge in [-0.05, 0) is 65.3 Å². The van der Waals surface area contributed by atoms with Crippen LogP contribution in [-0.4, -0.2) is 108 Å². The van der Waals surface area contributed by atoms with E-state index in [1.54, 1.807) is 31.3 Å². The molecule has 0 aliphatic carbocycles. The SMILES string of the molecule is CC(C)(C)OC=O.CNC(=O)COCCOC(N)COc1cccc(C(=O)NCCNC(=O)C(CCCCNC(C)=O)NC)c1. The van der Waals surface area contributed by atoms with E-state index in [4.69, 9.17) is 19.9 Å². The summed E-state index contributed by atoms with van der Waals surface area (Å²) in [4.78, 5) is 56.4. The molecule has 1 rings (SSSR count). The minimum atomic E-state index is -0.710. The Morgan fingerprint density at radius 3 is 2.29 bits per heavy atom. The van der Waals surface area contributed by atoms with E-state index < -0.39 is 6.23 Å². The predicted octanol–water partition coefficient (Wildman–Crippen LogP) is -0.172. The number of unbranched alkanes of at least 4 members (excludes halogenated alkanes) is 1. The van der Waals surface area contributed by atoms with Gasteiger partial charge in [-0.1, -0.05) is 6.07 Å². The molecule has 45 heavy (non-hydrogen) atoms. The van der Waals surface area contributed by atoms with Crippen LogP contribution in [0.15, 0.2) is 24.3 Å². The minimum absolute atomic E-state index is 0.0502. The number of carbonyl (C=O) groups excluding carboxylic acids is 5. The van der Waals surface area contributed by atoms with Crippen LogP contribution >= 0.6 is 0 Å². The molecular weight excluding hydrogens is 588 g/mol. The number of benzene rings is 1. The maximum Gasteiger partial charge on any atom is 0.293 e. The zero-order valence-electron chi connectivity index (χ0n) is 27.4. The zero-order valence-corrected chi connectivity index (χ0v) is 27.4. The Morgan fingerprint density at radius 1 is 0.978 bits per heavy atom. The van der Waals surface area contributed by atoms with Crippen molar-refractivity contribution in [3.8, 4) is 5.75 Å². The highest BCUT2D eigenvalue weighted by atomic mass is 16.6. The molecular formula is C30H52N6O9. The molecule has 0 bridgehead atoms. The summed E-state index contributed by atoms with van der Waals surface area (Å²) in [5.74, 6) is -0.287. The first-order valence-corrected chi connectivity index (χ1v) is 14.8. The number of amides is 4. The average molecular weight is 641 g/mol. The molecule has 0 heterocycles. The quantitative estimate of drug-likeness (QED) is 0.0590. The number of nitrogens with two attached hydrogens (primary N) is 1. The fraction of sp³-hybridized carbons (Fsp3) is 0.633. The number of ether oxygens (including phenoxy) is 4. The van der Waals surface area contributed by atoms with Crippen LogP contribution in [0, 0.1) is 0 Å². The van der Waals surface area contributed by atoms with Gasteiger partial charge in [0.25, 0.3) is 12.4 Å². The maximum atomic E-state index is 12.5. The summed E-state index contributed by atoms with van der Waals surface area (Å²) < 4.78 is 20.7. The predicted molar refractivity (Wildman–Crippen MR) is 168 cm³/mol. The van der Waals surface area contributed by atoms with E-state index in [0.717, 1.165) is 12.8 Å². The van der Waals surface area contributed by atoms with Crippen molar-refractivity contribution in [3.63, 3.8) is 0 Å². The van der Waals surface area contributed by atoms with Crippen LogP contribution in [0.4, 0.5) is 0 Å². The van der Waals surface area contributed by atoms with Gasteiger partial charge in [-0.2, -0.15) is 0 Å². The van der Waals surface area contributed by atoms with E-state index in [1.165, 1.54) is 14.0 Å². The van der Waals surface area contributed by atoms with Crippen LogP contribution in [0.5, 0.6) is 5.75 Å². The highest BCUT2D eigenvalue weighted by molar-refractivity contribution is 5.94. The Labute approximate surface area is 266 Å². The maximum absolute atomic E-state index is 12.5. The van der Waals surface area contributed by atoms with Gasteiger partial charge in [-0.25, -0.2) is 0 Å². The second-order valence-corrected chi connectivity index (χ2v) is 10.7. The summed E-state index contributed by atoms with van der Waals surface area (Å²) in [6.45, 7) is 8.95. The van der Waals surface area contributed by atoms with Gasteiger partial charge in [0, 0.05) is 39.2 Å². The summed E-state index contributed by atoms with van der Waals surface area (Å²) in [6.07, 6.45) is 1.51. The first-order chi connectivity index (χ1) is 21.3. The Hall–Kier alpha value is -3.79. The smallest absolute Gasteiger partial charge is 0.293 e. The summed E-state index contributed by atoms with van der Waals surface area (Å²) >= 11 is 0. The second-order valence-electron chi connectivity index (χ2n) is 10.7. The van der Waals surface area contributed by atoms with E-state index >= 15 is 0 Å². The van der Waals surface area contributed by atoms with Gasteiger partial charge in [0.1, 0.15) is 30.8 Å². The molecule has 256 valence electrons. The van der Waals surface area contributed by atoms with Gasteiger partial charge >= 0.3 is 0 Å². The van der Waals surface area contributed by atoms with Gasteiger partial charge < -0.3 is 51.3 Å². The Balaban J connectivity index is 0.00000246. The second kappa shape index (κ2) is 24.5.